The van der Waals surface area contributed by atoms with Crippen molar-refractivity contribution in [3.05, 3.63) is 0 Å². The van der Waals surface area contributed by atoms with Gasteiger partial charge in [0.15, 0.2) is 4.75 Å². The van der Waals surface area contributed by atoms with Crippen LogP contribution in [0.3, 0.4) is 0 Å². The van der Waals surface area contributed by atoms with Gasteiger partial charge in [-0.05, 0) is 13.8 Å². The maximum Gasteiger partial charge on any atom is 0.273 e. The monoisotopic (exact) mass is 164 g/mol. The average Bonchev–Trinajstić information content (AvgIpc) is 1.84. The summed E-state index contributed by atoms with van der Waals surface area (Å²) in [5.41, 5.74) is 0. The standard InChI is InChI=1S/C4H8N2O3S/c1-4(2)3(7)6(5)10(4,8)9/h5H2,1-2H3. The van der Waals surface area contributed by atoms with E-state index in [2.05, 4.69) is 0 Å². The number of amides is 1. The molecule has 0 aromatic heterocycles. The summed E-state index contributed by atoms with van der Waals surface area (Å²) in [7, 11) is -3.53. The van der Waals surface area contributed by atoms with Crippen molar-refractivity contribution in [2.45, 2.75) is 18.6 Å². The minimum atomic E-state index is -3.53. The Morgan fingerprint density at radius 3 is 2.00 bits per heavy atom. The molecule has 0 aliphatic carbocycles. The van der Waals surface area contributed by atoms with Gasteiger partial charge in [-0.1, -0.05) is 0 Å². The summed E-state index contributed by atoms with van der Waals surface area (Å²) in [6.07, 6.45) is 0. The molecule has 1 aliphatic heterocycles. The molecule has 0 aromatic rings. The van der Waals surface area contributed by atoms with Gasteiger partial charge in [-0.15, -0.1) is 0 Å². The van der Waals surface area contributed by atoms with E-state index in [0.29, 0.717) is 0 Å². The van der Waals surface area contributed by atoms with E-state index in [1.807, 2.05) is 0 Å². The summed E-state index contributed by atoms with van der Waals surface area (Å²) >= 11 is 0. The van der Waals surface area contributed by atoms with Gasteiger partial charge in [-0.2, -0.15) is 4.41 Å². The highest BCUT2D eigenvalue weighted by Crippen LogP contribution is 2.31. The smallest absolute Gasteiger partial charge is 0.270 e. The molecular formula is C4H8N2O3S. The Bertz CT molecular complexity index is 279. The first-order chi connectivity index (χ1) is 4.32. The van der Waals surface area contributed by atoms with Gasteiger partial charge in [0.05, 0.1) is 0 Å². The van der Waals surface area contributed by atoms with Crippen LogP contribution >= 0.6 is 0 Å². The Hall–Kier alpha value is -0.620. The van der Waals surface area contributed by atoms with Gasteiger partial charge in [0, 0.05) is 0 Å². The number of nitrogens with two attached hydrogens (primary N) is 1. The third-order valence-corrected chi connectivity index (χ3v) is 3.77. The molecule has 10 heavy (non-hydrogen) atoms. The molecule has 1 amide bonds. The molecule has 1 heterocycles. The molecule has 6 heteroatoms. The molecular weight excluding hydrogens is 156 g/mol. The summed E-state index contributed by atoms with van der Waals surface area (Å²) in [6, 6.07) is 0. The molecule has 0 aromatic carbocycles. The van der Waals surface area contributed by atoms with Gasteiger partial charge in [-0.25, -0.2) is 14.3 Å². The second-order valence-corrected chi connectivity index (χ2v) is 4.98. The molecule has 2 N–H and O–H groups in total. The van der Waals surface area contributed by atoms with E-state index in [9.17, 15) is 13.2 Å². The van der Waals surface area contributed by atoms with Crippen LogP contribution in [0.1, 0.15) is 13.8 Å². The lowest BCUT2D eigenvalue weighted by atomic mass is 10.2. The second kappa shape index (κ2) is 1.51. The number of hydrogen-bond donors (Lipinski definition) is 1. The van der Waals surface area contributed by atoms with E-state index in [-0.39, 0.29) is 4.41 Å². The van der Waals surface area contributed by atoms with E-state index >= 15 is 0 Å². The van der Waals surface area contributed by atoms with Crippen LogP contribution in [0.2, 0.25) is 0 Å². The highest BCUT2D eigenvalue weighted by atomic mass is 32.2. The third kappa shape index (κ3) is 0.505. The largest absolute Gasteiger partial charge is 0.273 e. The van der Waals surface area contributed by atoms with E-state index in [0.717, 1.165) is 0 Å². The molecule has 0 unspecified atom stereocenters. The van der Waals surface area contributed by atoms with Crippen molar-refractivity contribution in [2.24, 2.45) is 5.84 Å². The Kier molecular flexibility index (Phi) is 1.13. The number of rotatable bonds is 0. The zero-order valence-electron chi connectivity index (χ0n) is 5.66. The van der Waals surface area contributed by atoms with E-state index in [4.69, 9.17) is 5.84 Å². The van der Waals surface area contributed by atoms with E-state index in [1.165, 1.54) is 13.8 Å². The molecule has 5 nitrogen and oxygen atoms in total. The first kappa shape index (κ1) is 7.49. The van der Waals surface area contributed by atoms with Gasteiger partial charge < -0.3 is 0 Å². The summed E-state index contributed by atoms with van der Waals surface area (Å²) in [5, 5.41) is 0. The van der Waals surface area contributed by atoms with Gasteiger partial charge >= 0.3 is 0 Å². The lowest BCUT2D eigenvalue weighted by Gasteiger charge is -2.39. The molecule has 0 radical (unpaired) electrons. The molecule has 58 valence electrons. The number of hydrazine groups is 1. The Labute approximate surface area is 58.8 Å². The number of nitrogens with zero attached hydrogens (tertiary/aromatic N) is 1. The molecule has 1 fully saturated rings. The van der Waals surface area contributed by atoms with Crippen LogP contribution < -0.4 is 5.84 Å². The highest BCUT2D eigenvalue weighted by Gasteiger charge is 2.59. The fourth-order valence-corrected chi connectivity index (χ4v) is 1.82. The number of carbonyl (C=O) groups is 1. The van der Waals surface area contributed by atoms with Crippen molar-refractivity contribution in [1.29, 1.82) is 0 Å². The molecule has 1 rings (SSSR count). The van der Waals surface area contributed by atoms with Crippen LogP contribution in [0.15, 0.2) is 0 Å². The van der Waals surface area contributed by atoms with Crippen LogP contribution in [-0.2, 0) is 14.8 Å². The minimum absolute atomic E-state index is 0.271. The van der Waals surface area contributed by atoms with Crippen LogP contribution in [0, 0.1) is 0 Å². The average molecular weight is 164 g/mol. The van der Waals surface area contributed by atoms with Crippen molar-refractivity contribution in [1.82, 2.24) is 4.41 Å². The maximum absolute atomic E-state index is 10.9. The van der Waals surface area contributed by atoms with Crippen molar-refractivity contribution in [3.63, 3.8) is 0 Å². The summed E-state index contributed by atoms with van der Waals surface area (Å²) < 4.78 is 20.7. The zero-order valence-corrected chi connectivity index (χ0v) is 6.47. The summed E-state index contributed by atoms with van der Waals surface area (Å²) in [5.74, 6) is 4.31. The number of carbonyl (C=O) groups excluding carboxylic acids is 1. The van der Waals surface area contributed by atoms with Crippen molar-refractivity contribution in [3.8, 4) is 0 Å². The lowest BCUT2D eigenvalue weighted by Crippen LogP contribution is -2.69. The van der Waals surface area contributed by atoms with Crippen molar-refractivity contribution in [2.75, 3.05) is 0 Å². The van der Waals surface area contributed by atoms with Crippen LogP contribution in [0.4, 0.5) is 0 Å². The summed E-state index contributed by atoms with van der Waals surface area (Å²) in [6.45, 7) is 2.65. The van der Waals surface area contributed by atoms with Crippen molar-refractivity contribution < 1.29 is 13.2 Å². The Morgan fingerprint density at radius 1 is 1.50 bits per heavy atom. The fourth-order valence-electron chi connectivity index (χ4n) is 0.692. The van der Waals surface area contributed by atoms with Crippen LogP contribution in [0.5, 0.6) is 0 Å². The lowest BCUT2D eigenvalue weighted by molar-refractivity contribution is -0.132. The van der Waals surface area contributed by atoms with Crippen LogP contribution in [0.25, 0.3) is 0 Å². The number of hydrogen-bond acceptors (Lipinski definition) is 4. The zero-order chi connectivity index (χ0) is 8.15. The minimum Gasteiger partial charge on any atom is -0.270 e. The topological polar surface area (TPSA) is 80.5 Å². The quantitative estimate of drug-likeness (QED) is 0.360. The predicted octanol–water partition coefficient (Wildman–Crippen LogP) is -1.19. The van der Waals surface area contributed by atoms with E-state index in [1.54, 1.807) is 0 Å². The molecule has 0 saturated carbocycles. The number of sulfonamides is 1. The predicted molar refractivity (Wildman–Crippen MR) is 34.0 cm³/mol. The first-order valence-electron chi connectivity index (χ1n) is 2.66. The molecule has 0 bridgehead atoms. The van der Waals surface area contributed by atoms with E-state index < -0.39 is 20.7 Å². The van der Waals surface area contributed by atoms with Gasteiger partial charge in [-0.3, -0.25) is 4.79 Å². The third-order valence-electron chi connectivity index (χ3n) is 1.62. The maximum atomic E-state index is 10.9. The highest BCUT2D eigenvalue weighted by molar-refractivity contribution is 7.94. The molecule has 1 saturated heterocycles. The summed E-state index contributed by atoms with van der Waals surface area (Å²) in [4.78, 5) is 10.7. The molecule has 0 atom stereocenters. The van der Waals surface area contributed by atoms with Crippen LogP contribution in [-0.4, -0.2) is 23.5 Å². The van der Waals surface area contributed by atoms with Crippen molar-refractivity contribution >= 4 is 15.9 Å². The van der Waals surface area contributed by atoms with Gasteiger partial charge in [0.1, 0.15) is 0 Å². The Balaban J connectivity index is 3.17. The normalized spacial score (nSPS) is 27.9. The SMILES string of the molecule is CC1(C)C(=O)N(N)S1(=O)=O. The molecule has 0 spiro atoms. The molecule has 1 aliphatic rings. The fraction of sp³-hybridized carbons (Fsp3) is 0.750. The first-order valence-corrected chi connectivity index (χ1v) is 4.10. The van der Waals surface area contributed by atoms with Gasteiger partial charge in [0.2, 0.25) is 0 Å². The second-order valence-electron chi connectivity index (χ2n) is 2.62. The Morgan fingerprint density at radius 2 is 1.90 bits per heavy atom. The van der Waals surface area contributed by atoms with Gasteiger partial charge in [0.25, 0.3) is 15.9 Å².